The Kier molecular flexibility index (Phi) is 5.04. The lowest BCUT2D eigenvalue weighted by molar-refractivity contribution is 0.325. The zero-order chi connectivity index (χ0) is 19.0. The standard InChI is InChI=1S/C22H30N4O/c1-15-11-21(26-7-4-5-8-26)16(2)10-19(15)14-25-9-6-18(13-25)20-12-22(27)24-17(3)23-20/h10-12,18H,4-9,13-14H2,1-3H3,(H,23,24,27)/t18-/m0/s1. The molecule has 4 rings (SSSR count). The van der Waals surface area contributed by atoms with Gasteiger partial charge in [-0.1, -0.05) is 6.07 Å². The van der Waals surface area contributed by atoms with Crippen LogP contribution in [0.2, 0.25) is 0 Å². The Balaban J connectivity index is 1.47. The molecule has 1 aromatic carbocycles. The molecule has 0 radical (unpaired) electrons. The summed E-state index contributed by atoms with van der Waals surface area (Å²) in [6.07, 6.45) is 3.69. The van der Waals surface area contributed by atoms with Gasteiger partial charge in [0.15, 0.2) is 0 Å². The van der Waals surface area contributed by atoms with Gasteiger partial charge in [-0.05, 0) is 69.3 Å². The van der Waals surface area contributed by atoms with Gasteiger partial charge in [-0.25, -0.2) is 4.98 Å². The lowest BCUT2D eigenvalue weighted by Gasteiger charge is -2.24. The van der Waals surface area contributed by atoms with E-state index in [2.05, 4.69) is 45.7 Å². The van der Waals surface area contributed by atoms with E-state index >= 15 is 0 Å². The van der Waals surface area contributed by atoms with E-state index in [1.165, 1.54) is 48.3 Å². The first-order valence-corrected chi connectivity index (χ1v) is 10.1. The third kappa shape index (κ3) is 3.93. The van der Waals surface area contributed by atoms with Gasteiger partial charge in [0.2, 0.25) is 0 Å². The van der Waals surface area contributed by atoms with Gasteiger partial charge in [0.1, 0.15) is 5.82 Å². The maximum atomic E-state index is 11.8. The first kappa shape index (κ1) is 18.2. The molecular weight excluding hydrogens is 336 g/mol. The van der Waals surface area contributed by atoms with Gasteiger partial charge in [-0.3, -0.25) is 9.69 Å². The summed E-state index contributed by atoms with van der Waals surface area (Å²) in [7, 11) is 0. The molecule has 2 fully saturated rings. The molecule has 0 amide bonds. The van der Waals surface area contributed by atoms with Gasteiger partial charge in [0.25, 0.3) is 5.56 Å². The highest BCUT2D eigenvalue weighted by atomic mass is 16.1. The van der Waals surface area contributed by atoms with Crippen LogP contribution in [0.5, 0.6) is 0 Å². The number of nitrogens with one attached hydrogen (secondary N) is 1. The van der Waals surface area contributed by atoms with Crippen LogP contribution >= 0.6 is 0 Å². The number of hydrogen-bond donors (Lipinski definition) is 1. The average Bonchev–Trinajstić information content (AvgIpc) is 3.29. The molecule has 5 heteroatoms. The number of aryl methyl sites for hydroxylation is 3. The molecule has 2 aliphatic heterocycles. The smallest absolute Gasteiger partial charge is 0.251 e. The monoisotopic (exact) mass is 366 g/mol. The number of anilines is 1. The summed E-state index contributed by atoms with van der Waals surface area (Å²) >= 11 is 0. The van der Waals surface area contributed by atoms with Crippen LogP contribution in [0.4, 0.5) is 5.69 Å². The molecule has 0 bridgehead atoms. The van der Waals surface area contributed by atoms with Crippen molar-refractivity contribution in [1.29, 1.82) is 0 Å². The Hall–Kier alpha value is -2.14. The third-order valence-electron chi connectivity index (χ3n) is 6.07. The fraction of sp³-hybridized carbons (Fsp3) is 0.545. The van der Waals surface area contributed by atoms with E-state index in [4.69, 9.17) is 0 Å². The molecule has 2 aliphatic rings. The van der Waals surface area contributed by atoms with E-state index in [9.17, 15) is 4.79 Å². The van der Waals surface area contributed by atoms with Crippen molar-refractivity contribution in [2.24, 2.45) is 0 Å². The number of hydrogen-bond acceptors (Lipinski definition) is 4. The minimum atomic E-state index is -0.0417. The Bertz CT molecular complexity index is 882. The molecule has 2 saturated heterocycles. The van der Waals surface area contributed by atoms with E-state index in [1.54, 1.807) is 6.07 Å². The maximum Gasteiger partial charge on any atom is 0.251 e. The maximum absolute atomic E-state index is 11.8. The number of aromatic amines is 1. The molecule has 0 unspecified atom stereocenters. The molecule has 27 heavy (non-hydrogen) atoms. The van der Waals surface area contributed by atoms with Crippen LogP contribution in [0, 0.1) is 20.8 Å². The van der Waals surface area contributed by atoms with Gasteiger partial charge >= 0.3 is 0 Å². The number of H-pyrrole nitrogens is 1. The van der Waals surface area contributed by atoms with Crippen molar-refractivity contribution in [3.8, 4) is 0 Å². The predicted molar refractivity (Wildman–Crippen MR) is 110 cm³/mol. The zero-order valence-electron chi connectivity index (χ0n) is 16.7. The lowest BCUT2D eigenvalue weighted by atomic mass is 10.0. The number of nitrogens with zero attached hydrogens (tertiary/aromatic N) is 3. The van der Waals surface area contributed by atoms with Crippen molar-refractivity contribution in [2.45, 2.75) is 52.5 Å². The quantitative estimate of drug-likeness (QED) is 0.902. The van der Waals surface area contributed by atoms with Gasteiger partial charge in [0.05, 0.1) is 5.69 Å². The van der Waals surface area contributed by atoms with Crippen LogP contribution in [0.15, 0.2) is 23.0 Å². The Morgan fingerprint density at radius 2 is 1.85 bits per heavy atom. The highest BCUT2D eigenvalue weighted by molar-refractivity contribution is 5.57. The molecule has 144 valence electrons. The molecule has 2 aromatic rings. The van der Waals surface area contributed by atoms with Gasteiger partial charge < -0.3 is 9.88 Å². The summed E-state index contributed by atoms with van der Waals surface area (Å²) in [6, 6.07) is 6.43. The van der Waals surface area contributed by atoms with E-state index in [0.29, 0.717) is 11.7 Å². The van der Waals surface area contributed by atoms with Crippen LogP contribution in [-0.2, 0) is 6.54 Å². The molecule has 0 aliphatic carbocycles. The van der Waals surface area contributed by atoms with Crippen molar-refractivity contribution < 1.29 is 0 Å². The van der Waals surface area contributed by atoms with Crippen molar-refractivity contribution in [1.82, 2.24) is 14.9 Å². The van der Waals surface area contributed by atoms with Crippen LogP contribution in [-0.4, -0.2) is 41.0 Å². The SMILES string of the molecule is Cc1nc([C@H]2CCN(Cc3cc(C)c(N4CCCC4)cc3C)C2)cc(=O)[nH]1. The zero-order valence-corrected chi connectivity index (χ0v) is 16.7. The van der Waals surface area contributed by atoms with Gasteiger partial charge in [-0.15, -0.1) is 0 Å². The van der Waals surface area contributed by atoms with Crippen LogP contribution in [0.1, 0.15) is 53.4 Å². The van der Waals surface area contributed by atoms with E-state index in [0.717, 1.165) is 31.7 Å². The minimum Gasteiger partial charge on any atom is -0.371 e. The molecule has 5 nitrogen and oxygen atoms in total. The van der Waals surface area contributed by atoms with Crippen LogP contribution in [0.3, 0.4) is 0 Å². The fourth-order valence-electron chi connectivity index (χ4n) is 4.60. The number of rotatable bonds is 4. The minimum absolute atomic E-state index is 0.0417. The molecule has 1 N–H and O–H groups in total. The van der Waals surface area contributed by atoms with Crippen LogP contribution in [0.25, 0.3) is 0 Å². The van der Waals surface area contributed by atoms with Crippen molar-refractivity contribution in [3.63, 3.8) is 0 Å². The second-order valence-corrected chi connectivity index (χ2v) is 8.24. The number of likely N-dealkylation sites (tertiary alicyclic amines) is 1. The summed E-state index contributed by atoms with van der Waals surface area (Å²) < 4.78 is 0. The normalized spacial score (nSPS) is 20.6. The first-order chi connectivity index (χ1) is 13.0. The highest BCUT2D eigenvalue weighted by Crippen LogP contribution is 2.30. The second-order valence-electron chi connectivity index (χ2n) is 8.24. The lowest BCUT2D eigenvalue weighted by Crippen LogP contribution is -2.22. The van der Waals surface area contributed by atoms with Crippen molar-refractivity contribution in [2.75, 3.05) is 31.1 Å². The molecule has 1 aromatic heterocycles. The summed E-state index contributed by atoms with van der Waals surface area (Å²) in [4.78, 5) is 24.1. The molecule has 0 saturated carbocycles. The number of aromatic nitrogens is 2. The van der Waals surface area contributed by atoms with E-state index in [-0.39, 0.29) is 5.56 Å². The first-order valence-electron chi connectivity index (χ1n) is 10.1. The fourth-order valence-corrected chi connectivity index (χ4v) is 4.60. The number of benzene rings is 1. The van der Waals surface area contributed by atoms with E-state index < -0.39 is 0 Å². The van der Waals surface area contributed by atoms with Gasteiger partial charge in [-0.2, -0.15) is 0 Å². The Morgan fingerprint density at radius 3 is 2.59 bits per heavy atom. The van der Waals surface area contributed by atoms with Crippen molar-refractivity contribution >= 4 is 5.69 Å². The van der Waals surface area contributed by atoms with Crippen LogP contribution < -0.4 is 10.5 Å². The predicted octanol–water partition coefficient (Wildman–Crippen LogP) is 3.28. The van der Waals surface area contributed by atoms with Crippen molar-refractivity contribution in [3.05, 3.63) is 56.8 Å². The summed E-state index contributed by atoms with van der Waals surface area (Å²) in [5.41, 5.74) is 6.51. The molecule has 0 spiro atoms. The summed E-state index contributed by atoms with van der Waals surface area (Å²) in [5.74, 6) is 1.07. The summed E-state index contributed by atoms with van der Waals surface area (Å²) in [5, 5.41) is 0. The molecular formula is C22H30N4O. The highest BCUT2D eigenvalue weighted by Gasteiger charge is 2.26. The largest absolute Gasteiger partial charge is 0.371 e. The van der Waals surface area contributed by atoms with E-state index in [1.807, 2.05) is 6.92 Å². The average molecular weight is 367 g/mol. The third-order valence-corrected chi connectivity index (χ3v) is 6.07. The molecule has 1 atom stereocenters. The Morgan fingerprint density at radius 1 is 1.07 bits per heavy atom. The summed E-state index contributed by atoms with van der Waals surface area (Å²) in [6.45, 7) is 11.7. The second kappa shape index (κ2) is 7.47. The topological polar surface area (TPSA) is 52.2 Å². The Labute approximate surface area is 161 Å². The van der Waals surface area contributed by atoms with Gasteiger partial charge in [0, 0.05) is 43.9 Å². The molecule has 3 heterocycles.